The first kappa shape index (κ1) is 14.6. The minimum absolute atomic E-state index is 0.188. The molecule has 2 aliphatic heterocycles. The molecule has 3 amide bonds. The highest BCUT2D eigenvalue weighted by atomic mass is 16.4. The van der Waals surface area contributed by atoms with E-state index in [9.17, 15) is 19.5 Å². The molecule has 7 heteroatoms. The molecule has 20 heavy (non-hydrogen) atoms. The van der Waals surface area contributed by atoms with E-state index in [1.165, 1.54) is 9.80 Å². The largest absolute Gasteiger partial charge is 0.480 e. The summed E-state index contributed by atoms with van der Waals surface area (Å²) >= 11 is 0. The lowest BCUT2D eigenvalue weighted by atomic mass is 9.99. The van der Waals surface area contributed by atoms with Crippen LogP contribution in [0.2, 0.25) is 0 Å². The van der Waals surface area contributed by atoms with Crippen molar-refractivity contribution in [1.82, 2.24) is 15.1 Å². The highest BCUT2D eigenvalue weighted by Crippen LogP contribution is 2.32. The first-order valence-electron chi connectivity index (χ1n) is 6.95. The molecule has 2 heterocycles. The van der Waals surface area contributed by atoms with Gasteiger partial charge in [-0.15, -0.1) is 0 Å². The highest BCUT2D eigenvalue weighted by Gasteiger charge is 2.49. The molecule has 2 rings (SSSR count). The standard InChI is InChI=1S/C13H21N3O4/c1-13(11(18)19)6-4-8-16(13)12(20)15-7-3-5-9(15)10(17)14-2/h9H,3-8H2,1-2H3,(H,14,17)(H,18,19). The van der Waals surface area contributed by atoms with Crippen molar-refractivity contribution in [3.05, 3.63) is 0 Å². The number of urea groups is 1. The Balaban J connectivity index is 2.18. The van der Waals surface area contributed by atoms with Gasteiger partial charge < -0.3 is 20.2 Å². The zero-order valence-corrected chi connectivity index (χ0v) is 11.9. The molecule has 0 spiro atoms. The maximum atomic E-state index is 12.6. The summed E-state index contributed by atoms with van der Waals surface area (Å²) in [5.74, 6) is -1.17. The fourth-order valence-electron chi connectivity index (χ4n) is 3.08. The molecular weight excluding hydrogens is 262 g/mol. The molecule has 0 aliphatic carbocycles. The predicted molar refractivity (Wildman–Crippen MR) is 71.2 cm³/mol. The lowest BCUT2D eigenvalue weighted by Gasteiger charge is -2.36. The van der Waals surface area contributed by atoms with Gasteiger partial charge in [0, 0.05) is 20.1 Å². The monoisotopic (exact) mass is 283 g/mol. The number of likely N-dealkylation sites (tertiary alicyclic amines) is 2. The number of hydrogen-bond acceptors (Lipinski definition) is 3. The normalized spacial score (nSPS) is 29.6. The average Bonchev–Trinajstić information content (AvgIpc) is 3.04. The number of nitrogens with zero attached hydrogens (tertiary/aromatic N) is 2. The molecule has 2 fully saturated rings. The fourth-order valence-corrected chi connectivity index (χ4v) is 3.08. The van der Waals surface area contributed by atoms with E-state index in [1.807, 2.05) is 0 Å². The van der Waals surface area contributed by atoms with Gasteiger partial charge in [0.1, 0.15) is 11.6 Å². The van der Waals surface area contributed by atoms with Crippen molar-refractivity contribution in [3.8, 4) is 0 Å². The minimum atomic E-state index is -1.16. The summed E-state index contributed by atoms with van der Waals surface area (Å²) in [6.45, 7) is 2.51. The van der Waals surface area contributed by atoms with Crippen LogP contribution >= 0.6 is 0 Å². The van der Waals surface area contributed by atoms with Gasteiger partial charge >= 0.3 is 12.0 Å². The van der Waals surface area contributed by atoms with E-state index in [4.69, 9.17) is 0 Å². The molecule has 112 valence electrons. The lowest BCUT2D eigenvalue weighted by Crippen LogP contribution is -2.57. The molecule has 0 aromatic carbocycles. The third-order valence-corrected chi connectivity index (χ3v) is 4.38. The molecule has 0 bridgehead atoms. The van der Waals surface area contributed by atoms with Crippen LogP contribution in [-0.2, 0) is 9.59 Å². The molecule has 0 aromatic heterocycles. The molecule has 2 saturated heterocycles. The van der Waals surface area contributed by atoms with Crippen molar-refractivity contribution in [2.24, 2.45) is 0 Å². The second-order valence-corrected chi connectivity index (χ2v) is 5.58. The number of amides is 3. The number of nitrogens with one attached hydrogen (secondary N) is 1. The Hall–Kier alpha value is -1.79. The third kappa shape index (κ3) is 2.21. The predicted octanol–water partition coefficient (Wildman–Crippen LogP) is 0.256. The first-order chi connectivity index (χ1) is 9.41. The van der Waals surface area contributed by atoms with Gasteiger partial charge in [-0.2, -0.15) is 0 Å². The van der Waals surface area contributed by atoms with E-state index >= 15 is 0 Å². The second-order valence-electron chi connectivity index (χ2n) is 5.58. The number of likely N-dealkylation sites (N-methyl/N-ethyl adjacent to an activating group) is 1. The topological polar surface area (TPSA) is 90.0 Å². The van der Waals surface area contributed by atoms with Gasteiger partial charge in [-0.1, -0.05) is 0 Å². The SMILES string of the molecule is CNC(=O)C1CCCN1C(=O)N1CCCC1(C)C(=O)O. The van der Waals surface area contributed by atoms with E-state index in [0.717, 1.165) is 6.42 Å². The number of carboxylic acids is 1. The smallest absolute Gasteiger partial charge is 0.329 e. The maximum Gasteiger partial charge on any atom is 0.329 e. The quantitative estimate of drug-likeness (QED) is 0.760. The van der Waals surface area contributed by atoms with E-state index < -0.39 is 17.6 Å². The number of aliphatic carboxylic acids is 1. The summed E-state index contributed by atoms with van der Waals surface area (Å²) in [4.78, 5) is 38.7. The van der Waals surface area contributed by atoms with Crippen molar-refractivity contribution in [3.63, 3.8) is 0 Å². The number of carbonyl (C=O) groups excluding carboxylic acids is 2. The van der Waals surface area contributed by atoms with Gasteiger partial charge in [0.05, 0.1) is 0 Å². The highest BCUT2D eigenvalue weighted by molar-refractivity contribution is 5.91. The number of rotatable bonds is 2. The van der Waals surface area contributed by atoms with Gasteiger partial charge in [0.15, 0.2) is 0 Å². The molecule has 2 aliphatic rings. The Morgan fingerprint density at radius 1 is 1.25 bits per heavy atom. The summed E-state index contributed by atoms with van der Waals surface area (Å²) in [6.07, 6.45) is 2.52. The molecule has 2 N–H and O–H groups in total. The van der Waals surface area contributed by atoms with E-state index in [0.29, 0.717) is 32.4 Å². The molecule has 2 unspecified atom stereocenters. The van der Waals surface area contributed by atoms with Crippen LogP contribution in [0.25, 0.3) is 0 Å². The van der Waals surface area contributed by atoms with E-state index in [2.05, 4.69) is 5.32 Å². The van der Waals surface area contributed by atoms with Crippen LogP contribution < -0.4 is 5.32 Å². The summed E-state index contributed by atoms with van der Waals surface area (Å²) in [7, 11) is 1.54. The van der Waals surface area contributed by atoms with Gasteiger partial charge in [-0.05, 0) is 32.6 Å². The van der Waals surface area contributed by atoms with Crippen LogP contribution in [0, 0.1) is 0 Å². The molecule has 7 nitrogen and oxygen atoms in total. The Morgan fingerprint density at radius 2 is 1.95 bits per heavy atom. The van der Waals surface area contributed by atoms with Gasteiger partial charge in [0.25, 0.3) is 0 Å². The molecule has 2 atom stereocenters. The zero-order valence-electron chi connectivity index (χ0n) is 11.9. The Bertz CT molecular complexity index is 439. The van der Waals surface area contributed by atoms with E-state index in [1.54, 1.807) is 14.0 Å². The van der Waals surface area contributed by atoms with Crippen molar-refractivity contribution < 1.29 is 19.5 Å². The summed E-state index contributed by atoms with van der Waals surface area (Å²) in [5, 5.41) is 11.9. The van der Waals surface area contributed by atoms with Crippen LogP contribution in [-0.4, -0.2) is 64.5 Å². The molecular formula is C13H21N3O4. The third-order valence-electron chi connectivity index (χ3n) is 4.38. The lowest BCUT2D eigenvalue weighted by molar-refractivity contribution is -0.147. The van der Waals surface area contributed by atoms with Crippen molar-refractivity contribution >= 4 is 17.9 Å². The first-order valence-corrected chi connectivity index (χ1v) is 6.95. The zero-order chi connectivity index (χ0) is 14.9. The van der Waals surface area contributed by atoms with Crippen LogP contribution in [0.4, 0.5) is 4.79 Å². The van der Waals surface area contributed by atoms with Crippen molar-refractivity contribution in [2.45, 2.75) is 44.2 Å². The average molecular weight is 283 g/mol. The van der Waals surface area contributed by atoms with Crippen molar-refractivity contribution in [2.75, 3.05) is 20.1 Å². The van der Waals surface area contributed by atoms with Crippen LogP contribution in [0.3, 0.4) is 0 Å². The number of hydrogen-bond donors (Lipinski definition) is 2. The van der Waals surface area contributed by atoms with E-state index in [-0.39, 0.29) is 11.9 Å². The molecule has 0 aromatic rings. The summed E-state index contributed by atoms with van der Waals surface area (Å²) in [6, 6.07) is -0.815. The van der Waals surface area contributed by atoms with Gasteiger partial charge in [-0.25, -0.2) is 9.59 Å². The van der Waals surface area contributed by atoms with Gasteiger partial charge in [-0.3, -0.25) is 4.79 Å². The molecule has 0 saturated carbocycles. The Labute approximate surface area is 117 Å². The van der Waals surface area contributed by atoms with Crippen LogP contribution in [0.5, 0.6) is 0 Å². The summed E-state index contributed by atoms with van der Waals surface area (Å²) < 4.78 is 0. The maximum absolute atomic E-state index is 12.6. The van der Waals surface area contributed by atoms with Gasteiger partial charge in [0.2, 0.25) is 5.91 Å². The van der Waals surface area contributed by atoms with Crippen LogP contribution in [0.15, 0.2) is 0 Å². The Kier molecular flexibility index (Phi) is 3.87. The fraction of sp³-hybridized carbons (Fsp3) is 0.769. The molecule has 0 radical (unpaired) electrons. The summed E-state index contributed by atoms with van der Waals surface area (Å²) in [5.41, 5.74) is -1.16. The minimum Gasteiger partial charge on any atom is -0.480 e. The Morgan fingerprint density at radius 3 is 2.55 bits per heavy atom. The van der Waals surface area contributed by atoms with Crippen molar-refractivity contribution in [1.29, 1.82) is 0 Å². The number of carbonyl (C=O) groups is 3. The number of carboxylic acid groups (broad SMARTS) is 1. The second kappa shape index (κ2) is 5.30. The van der Waals surface area contributed by atoms with Crippen LogP contribution in [0.1, 0.15) is 32.6 Å².